The maximum absolute atomic E-state index is 12.5. The summed E-state index contributed by atoms with van der Waals surface area (Å²) in [7, 11) is 1.32. The van der Waals surface area contributed by atoms with Crippen molar-refractivity contribution in [2.24, 2.45) is 5.92 Å². The number of ether oxygens (including phenoxy) is 1. The van der Waals surface area contributed by atoms with Gasteiger partial charge in [0.15, 0.2) is 0 Å². The first-order valence-electron chi connectivity index (χ1n) is 10.0. The molecule has 1 fully saturated rings. The number of fused-ring (bicyclic) bond motifs is 5. The molecule has 8 nitrogen and oxygen atoms in total. The average molecular weight is 443 g/mol. The molecule has 9 heteroatoms. The average Bonchev–Trinajstić information content (AvgIpc) is 2.73. The number of carbonyl (C=O) groups excluding carboxylic acids is 1. The molecule has 2 aliphatic rings. The van der Waals surface area contributed by atoms with Crippen molar-refractivity contribution in [2.45, 2.75) is 25.4 Å². The molecule has 0 amide bonds. The van der Waals surface area contributed by atoms with Crippen LogP contribution in [0.5, 0.6) is 0 Å². The largest absolute Gasteiger partial charge is 0.465 e. The number of H-pyrrole nitrogens is 1. The van der Waals surface area contributed by atoms with Crippen molar-refractivity contribution in [3.8, 4) is 0 Å². The molecule has 2 atom stereocenters. The smallest absolute Gasteiger partial charge is 0.337 e. The number of hydrogen-bond acceptors (Lipinski definition) is 6. The number of nitrogens with one attached hydrogen (secondary N) is 1. The molecule has 3 aromatic rings. The van der Waals surface area contributed by atoms with Crippen molar-refractivity contribution in [3.05, 3.63) is 74.2 Å². The topological polar surface area (TPSA) is 97.3 Å². The lowest BCUT2D eigenvalue weighted by Crippen LogP contribution is -2.46. The first-order valence-corrected chi connectivity index (χ1v) is 10.0. The van der Waals surface area contributed by atoms with Crippen molar-refractivity contribution >= 4 is 29.3 Å². The fourth-order valence-corrected chi connectivity index (χ4v) is 4.84. The van der Waals surface area contributed by atoms with Gasteiger partial charge in [0.05, 0.1) is 30.1 Å². The van der Waals surface area contributed by atoms with Crippen molar-refractivity contribution in [2.75, 3.05) is 20.2 Å². The molecule has 2 aromatic heterocycles. The van der Waals surface area contributed by atoms with Crippen molar-refractivity contribution in [1.82, 2.24) is 19.4 Å². The van der Waals surface area contributed by atoms with E-state index >= 15 is 0 Å². The molecule has 1 aromatic carbocycles. The van der Waals surface area contributed by atoms with Gasteiger partial charge in [0, 0.05) is 37.3 Å². The van der Waals surface area contributed by atoms with Crippen LogP contribution in [0.4, 0.5) is 0 Å². The highest BCUT2D eigenvalue weighted by Crippen LogP contribution is 2.35. The van der Waals surface area contributed by atoms with E-state index in [-0.39, 0.29) is 23.5 Å². The van der Waals surface area contributed by atoms with Crippen LogP contribution in [0.1, 0.15) is 34.2 Å². The number of hydrogen-bond donors (Lipinski definition) is 1. The molecule has 2 bridgehead atoms. The zero-order chi connectivity index (χ0) is 20.8. The Bertz CT molecular complexity index is 1270. The number of carbonyl (C=O) groups is 1. The van der Waals surface area contributed by atoms with Crippen LogP contribution < -0.4 is 11.1 Å². The summed E-state index contributed by atoms with van der Waals surface area (Å²) in [6.07, 6.45) is 1.07. The SMILES string of the molecule is COC(=O)c1ccc2c(=O)[nH]c(CN3C[C@@H]4C[C@@H](C3)c3cccc(=O)n3C4)nc2c1.Cl. The molecular weight excluding hydrogens is 420 g/mol. The molecule has 0 saturated carbocycles. The molecule has 0 spiro atoms. The van der Waals surface area contributed by atoms with Crippen LogP contribution in [-0.4, -0.2) is 45.6 Å². The maximum atomic E-state index is 12.5. The lowest BCUT2D eigenvalue weighted by atomic mass is 9.83. The Balaban J connectivity index is 0.00000231. The van der Waals surface area contributed by atoms with Crippen molar-refractivity contribution in [1.29, 1.82) is 0 Å². The number of likely N-dealkylation sites (tertiary alicyclic amines) is 1. The van der Waals surface area contributed by atoms with E-state index in [1.54, 1.807) is 24.3 Å². The molecule has 0 aliphatic carbocycles. The van der Waals surface area contributed by atoms with E-state index in [1.165, 1.54) is 7.11 Å². The minimum atomic E-state index is -0.460. The molecular formula is C22H23ClN4O4. The molecule has 0 radical (unpaired) electrons. The second-order valence-electron chi connectivity index (χ2n) is 8.13. The second-order valence-corrected chi connectivity index (χ2v) is 8.13. The molecule has 162 valence electrons. The fraction of sp³-hybridized carbons (Fsp3) is 0.364. The first-order chi connectivity index (χ1) is 14.5. The van der Waals surface area contributed by atoms with E-state index in [1.807, 2.05) is 16.7 Å². The van der Waals surface area contributed by atoms with Crippen molar-refractivity contribution < 1.29 is 9.53 Å². The van der Waals surface area contributed by atoms with E-state index in [2.05, 4.69) is 14.9 Å². The number of rotatable bonds is 3. The van der Waals surface area contributed by atoms with Gasteiger partial charge in [-0.3, -0.25) is 14.5 Å². The third-order valence-electron chi connectivity index (χ3n) is 6.11. The Morgan fingerprint density at radius 3 is 2.84 bits per heavy atom. The van der Waals surface area contributed by atoms with Crippen LogP contribution >= 0.6 is 12.4 Å². The molecule has 1 N–H and O–H groups in total. The molecule has 5 rings (SSSR count). The quantitative estimate of drug-likeness (QED) is 0.622. The summed E-state index contributed by atoms with van der Waals surface area (Å²) in [4.78, 5) is 46.3. The number of methoxy groups -OCH3 is 1. The second kappa shape index (κ2) is 8.28. The molecule has 4 heterocycles. The highest BCUT2D eigenvalue weighted by atomic mass is 35.5. The standard InChI is InChI=1S/C22H22N4O4.ClH/c1-30-22(29)14-5-6-16-17(8-14)23-19(24-21(16)28)12-25-9-13-7-15(11-25)18-3-2-4-20(27)26(18)10-13;/h2-6,8,13,15H,7,9-12H2,1H3,(H,23,24,28);1H/t13-,15-;/m0./s1. The zero-order valence-electron chi connectivity index (χ0n) is 17.0. The lowest BCUT2D eigenvalue weighted by molar-refractivity contribution is 0.0601. The number of aromatic nitrogens is 3. The van der Waals surface area contributed by atoms with Crippen LogP contribution in [0, 0.1) is 5.92 Å². The summed E-state index contributed by atoms with van der Waals surface area (Å²) in [6.45, 7) is 2.90. The summed E-state index contributed by atoms with van der Waals surface area (Å²) < 4.78 is 6.66. The number of halogens is 1. The fourth-order valence-electron chi connectivity index (χ4n) is 4.84. The minimum Gasteiger partial charge on any atom is -0.465 e. The highest BCUT2D eigenvalue weighted by molar-refractivity contribution is 5.93. The number of aromatic amines is 1. The van der Waals surface area contributed by atoms with Gasteiger partial charge in [0.25, 0.3) is 11.1 Å². The van der Waals surface area contributed by atoms with E-state index in [0.29, 0.717) is 40.7 Å². The predicted molar refractivity (Wildman–Crippen MR) is 118 cm³/mol. The van der Waals surface area contributed by atoms with Crippen molar-refractivity contribution in [3.63, 3.8) is 0 Å². The minimum absolute atomic E-state index is 0. The number of piperidine rings is 1. The van der Waals surface area contributed by atoms with Gasteiger partial charge in [-0.2, -0.15) is 0 Å². The van der Waals surface area contributed by atoms with E-state index < -0.39 is 5.97 Å². The van der Waals surface area contributed by atoms with E-state index in [4.69, 9.17) is 4.74 Å². The van der Waals surface area contributed by atoms with E-state index in [9.17, 15) is 14.4 Å². The van der Waals surface area contributed by atoms with Crippen LogP contribution in [0.3, 0.4) is 0 Å². The van der Waals surface area contributed by atoms with Gasteiger partial charge in [-0.15, -0.1) is 12.4 Å². The zero-order valence-corrected chi connectivity index (χ0v) is 17.9. The third kappa shape index (κ3) is 3.88. The number of pyridine rings is 1. The summed E-state index contributed by atoms with van der Waals surface area (Å²) >= 11 is 0. The van der Waals surface area contributed by atoms with Crippen LogP contribution in [-0.2, 0) is 17.8 Å². The van der Waals surface area contributed by atoms with Crippen LogP contribution in [0.25, 0.3) is 10.9 Å². The lowest BCUT2D eigenvalue weighted by Gasteiger charge is -2.42. The summed E-state index contributed by atoms with van der Waals surface area (Å²) in [5.41, 5.74) is 1.78. The first kappa shape index (κ1) is 21.3. The van der Waals surface area contributed by atoms with Gasteiger partial charge in [-0.25, -0.2) is 9.78 Å². The molecule has 1 saturated heterocycles. The Hall–Kier alpha value is -2.97. The van der Waals surface area contributed by atoms with Crippen LogP contribution in [0.2, 0.25) is 0 Å². The molecule has 31 heavy (non-hydrogen) atoms. The Labute approximate surface area is 184 Å². The molecule has 2 aliphatic heterocycles. The third-order valence-corrected chi connectivity index (χ3v) is 6.11. The van der Waals surface area contributed by atoms with Gasteiger partial charge in [-0.05, 0) is 36.6 Å². The van der Waals surface area contributed by atoms with Gasteiger partial charge in [-0.1, -0.05) is 6.07 Å². The predicted octanol–water partition coefficient (Wildman–Crippen LogP) is 1.91. The van der Waals surface area contributed by atoms with Crippen LogP contribution in [0.15, 0.2) is 46.0 Å². The summed E-state index contributed by atoms with van der Waals surface area (Å²) in [5.74, 6) is 0.803. The monoisotopic (exact) mass is 442 g/mol. The Morgan fingerprint density at radius 1 is 1.19 bits per heavy atom. The highest BCUT2D eigenvalue weighted by Gasteiger charge is 2.34. The number of nitrogens with zero attached hydrogens (tertiary/aromatic N) is 3. The Kier molecular flexibility index (Phi) is 5.68. The normalized spacial score (nSPS) is 20.0. The Morgan fingerprint density at radius 2 is 2.03 bits per heavy atom. The summed E-state index contributed by atoms with van der Waals surface area (Å²) in [6, 6.07) is 10.2. The van der Waals surface area contributed by atoms with Gasteiger partial charge in [0.1, 0.15) is 5.82 Å². The van der Waals surface area contributed by atoms with Gasteiger partial charge < -0.3 is 14.3 Å². The van der Waals surface area contributed by atoms with E-state index in [0.717, 1.165) is 31.7 Å². The summed E-state index contributed by atoms with van der Waals surface area (Å²) in [5, 5.41) is 0.440. The maximum Gasteiger partial charge on any atom is 0.337 e. The molecule has 0 unspecified atom stereocenters. The van der Waals surface area contributed by atoms with Gasteiger partial charge >= 0.3 is 5.97 Å². The number of benzene rings is 1. The van der Waals surface area contributed by atoms with Gasteiger partial charge in [0.2, 0.25) is 0 Å². The number of esters is 1.